The summed E-state index contributed by atoms with van der Waals surface area (Å²) in [5.74, 6) is 0. The Kier molecular flexibility index (Phi) is 13.1. The number of rotatable bonds is 11. The van der Waals surface area contributed by atoms with Gasteiger partial charge in [-0.25, -0.2) is 0 Å². The van der Waals surface area contributed by atoms with Gasteiger partial charge in [0.2, 0.25) is 0 Å². The van der Waals surface area contributed by atoms with Gasteiger partial charge in [-0.15, -0.1) is 11.3 Å². The Bertz CT molecular complexity index is 3550. The lowest BCUT2D eigenvalue weighted by Crippen LogP contribution is -2.19. The van der Waals surface area contributed by atoms with E-state index >= 15 is 0 Å². The molecule has 0 saturated carbocycles. The van der Waals surface area contributed by atoms with Crippen molar-refractivity contribution in [1.82, 2.24) is 0 Å². The van der Waals surface area contributed by atoms with Crippen molar-refractivity contribution in [2.45, 2.75) is 78.1 Å². The predicted octanol–water partition coefficient (Wildman–Crippen LogP) is 20.8. The second-order valence-electron chi connectivity index (χ2n) is 21.4. The van der Waals surface area contributed by atoms with Gasteiger partial charge in [-0.3, -0.25) is 0 Å². The van der Waals surface area contributed by atoms with Crippen molar-refractivity contribution in [3.8, 4) is 22.3 Å². The zero-order chi connectivity index (χ0) is 50.3. The van der Waals surface area contributed by atoms with Crippen LogP contribution in [0, 0.1) is 0 Å². The summed E-state index contributed by atoms with van der Waals surface area (Å²) in [5.41, 5.74) is 17.8. The third-order valence-corrected chi connectivity index (χ3v) is 15.9. The molecule has 5 heteroatoms. The van der Waals surface area contributed by atoms with Crippen LogP contribution in [0.3, 0.4) is 0 Å². The van der Waals surface area contributed by atoms with E-state index in [4.69, 9.17) is 11.6 Å². The van der Waals surface area contributed by atoms with E-state index in [-0.39, 0.29) is 10.8 Å². The molecule has 0 saturated heterocycles. The van der Waals surface area contributed by atoms with Gasteiger partial charge in [0.1, 0.15) is 0 Å². The first-order chi connectivity index (χ1) is 35.4. The highest BCUT2D eigenvalue weighted by Crippen LogP contribution is 2.53. The molecular weight excluding hydrogens is 926 g/mol. The average molecular weight is 989 g/mol. The lowest BCUT2D eigenvalue weighted by molar-refractivity contribution is 0.590. The van der Waals surface area contributed by atoms with Gasteiger partial charge in [-0.2, -0.15) is 0 Å². The van der Waals surface area contributed by atoms with E-state index in [1.165, 1.54) is 56.6 Å². The van der Waals surface area contributed by atoms with Gasteiger partial charge < -0.3 is 14.7 Å². The number of hydrogen-bond donors (Lipinski definition) is 0. The van der Waals surface area contributed by atoms with Crippen LogP contribution in [-0.4, -0.2) is 0 Å². The average Bonchev–Trinajstić information content (AvgIpc) is 3.84. The molecule has 0 radical (unpaired) electrons. The standard InChI is InChI=1S/C68H62ClN3S/c1-67(2,3)49-38-40-61(59(42-49)48-26-13-8-14-27-48)72(60-41-39-55(47-24-11-7-12-25-47)56-34-19-20-35-57(56)60)54-33-23-32-53(45-54)70(51-28-15-9-16-29-51)62-43-50(68(4,5)6)44-63(66(62)69)71(52-30-17-10-18-31-52)64-46-73-65-37-22-21-36-58(64)65/h7-20,23-35,38-46H,21-22,36-37H2,1-6H3. The summed E-state index contributed by atoms with van der Waals surface area (Å²) < 4.78 is 0. The predicted molar refractivity (Wildman–Crippen MR) is 316 cm³/mol. The molecule has 1 aliphatic carbocycles. The molecule has 0 fully saturated rings. The molecule has 0 atom stereocenters. The molecule has 10 aromatic rings. The van der Waals surface area contributed by atoms with Crippen LogP contribution in [0.2, 0.25) is 5.02 Å². The number of benzene rings is 9. The van der Waals surface area contributed by atoms with Crippen LogP contribution in [0.5, 0.6) is 0 Å². The van der Waals surface area contributed by atoms with Crippen molar-refractivity contribution in [3.05, 3.63) is 244 Å². The van der Waals surface area contributed by atoms with Crippen LogP contribution in [-0.2, 0) is 23.7 Å². The highest BCUT2D eigenvalue weighted by atomic mass is 35.5. The first kappa shape index (κ1) is 47.9. The quantitative estimate of drug-likeness (QED) is 0.128. The van der Waals surface area contributed by atoms with Gasteiger partial charge in [-0.05, 0) is 148 Å². The number of aryl methyl sites for hydroxylation is 1. The summed E-state index contributed by atoms with van der Waals surface area (Å²) in [6.45, 7) is 13.8. The monoisotopic (exact) mass is 987 g/mol. The second kappa shape index (κ2) is 19.9. The second-order valence-corrected chi connectivity index (χ2v) is 22.7. The largest absolute Gasteiger partial charge is 0.309 e. The molecule has 1 heterocycles. The van der Waals surface area contributed by atoms with E-state index in [0.29, 0.717) is 5.02 Å². The number of anilines is 9. The zero-order valence-corrected chi connectivity index (χ0v) is 44.3. The molecule has 3 nitrogen and oxygen atoms in total. The Hall–Kier alpha value is -7.37. The molecule has 11 rings (SSSR count). The van der Waals surface area contributed by atoms with Crippen molar-refractivity contribution in [2.75, 3.05) is 14.7 Å². The Morgan fingerprint density at radius 1 is 0.384 bits per heavy atom. The van der Waals surface area contributed by atoms with E-state index in [0.717, 1.165) is 74.9 Å². The van der Waals surface area contributed by atoms with Gasteiger partial charge in [0.15, 0.2) is 0 Å². The summed E-state index contributed by atoms with van der Waals surface area (Å²) in [5, 5.41) is 5.41. The van der Waals surface area contributed by atoms with Crippen LogP contribution in [0.25, 0.3) is 33.0 Å². The van der Waals surface area contributed by atoms with Crippen molar-refractivity contribution in [3.63, 3.8) is 0 Å². The zero-order valence-electron chi connectivity index (χ0n) is 42.7. The summed E-state index contributed by atoms with van der Waals surface area (Å²) in [7, 11) is 0. The Morgan fingerprint density at radius 3 is 1.51 bits per heavy atom. The number of fused-ring (bicyclic) bond motifs is 2. The van der Waals surface area contributed by atoms with E-state index in [1.54, 1.807) is 0 Å². The lowest BCUT2D eigenvalue weighted by atomic mass is 9.84. The Morgan fingerprint density at radius 2 is 0.877 bits per heavy atom. The van der Waals surface area contributed by atoms with Gasteiger partial charge in [0.25, 0.3) is 0 Å². The highest BCUT2D eigenvalue weighted by Gasteiger charge is 2.30. The van der Waals surface area contributed by atoms with Crippen LogP contribution in [0.15, 0.2) is 218 Å². The lowest BCUT2D eigenvalue weighted by Gasteiger charge is -2.35. The maximum atomic E-state index is 8.14. The first-order valence-corrected chi connectivity index (χ1v) is 27.0. The normalized spacial score (nSPS) is 12.6. The fraction of sp³-hybridized carbons (Fsp3) is 0.176. The van der Waals surface area contributed by atoms with Crippen LogP contribution in [0.1, 0.15) is 76.0 Å². The fourth-order valence-electron chi connectivity index (χ4n) is 10.6. The Labute approximate surface area is 441 Å². The number of hydrogen-bond acceptors (Lipinski definition) is 4. The summed E-state index contributed by atoms with van der Waals surface area (Å²) in [6, 6.07) is 77.4. The van der Waals surface area contributed by atoms with Crippen LogP contribution in [0.4, 0.5) is 51.2 Å². The minimum Gasteiger partial charge on any atom is -0.309 e. The van der Waals surface area contributed by atoms with E-state index in [2.05, 4.69) is 274 Å². The molecule has 0 aliphatic heterocycles. The molecule has 9 aromatic carbocycles. The molecule has 0 spiro atoms. The maximum absolute atomic E-state index is 8.14. The molecule has 1 aliphatic rings. The third kappa shape index (κ3) is 9.47. The van der Waals surface area contributed by atoms with Gasteiger partial charge in [-0.1, -0.05) is 193 Å². The van der Waals surface area contributed by atoms with Crippen molar-refractivity contribution < 1.29 is 0 Å². The minimum atomic E-state index is -0.203. The number of nitrogens with zero attached hydrogens (tertiary/aromatic N) is 3. The first-order valence-electron chi connectivity index (χ1n) is 25.7. The number of thiophene rings is 1. The van der Waals surface area contributed by atoms with E-state index < -0.39 is 0 Å². The van der Waals surface area contributed by atoms with Crippen molar-refractivity contribution in [2.24, 2.45) is 0 Å². The van der Waals surface area contributed by atoms with Crippen LogP contribution >= 0.6 is 22.9 Å². The molecular formula is C68H62ClN3S. The summed E-state index contributed by atoms with van der Waals surface area (Å²) in [6.07, 6.45) is 4.61. The van der Waals surface area contributed by atoms with Crippen LogP contribution < -0.4 is 14.7 Å². The maximum Gasteiger partial charge on any atom is 0.0887 e. The molecule has 0 amide bonds. The Balaban J connectivity index is 1.17. The van der Waals surface area contributed by atoms with E-state index in [1.807, 2.05) is 11.3 Å². The number of halogens is 1. The molecule has 362 valence electrons. The highest BCUT2D eigenvalue weighted by molar-refractivity contribution is 7.10. The fourth-order valence-corrected chi connectivity index (χ4v) is 12.0. The smallest absolute Gasteiger partial charge is 0.0887 e. The van der Waals surface area contributed by atoms with Crippen molar-refractivity contribution >= 4 is 84.9 Å². The third-order valence-electron chi connectivity index (χ3n) is 14.5. The summed E-state index contributed by atoms with van der Waals surface area (Å²) in [4.78, 5) is 8.77. The minimum absolute atomic E-state index is 0.0639. The van der Waals surface area contributed by atoms with Gasteiger partial charge >= 0.3 is 0 Å². The summed E-state index contributed by atoms with van der Waals surface area (Å²) >= 11 is 10.0. The molecule has 0 unspecified atom stereocenters. The van der Waals surface area contributed by atoms with E-state index in [9.17, 15) is 0 Å². The SMILES string of the molecule is CC(C)(C)c1ccc(N(c2cccc(N(c3ccccc3)c3cc(C(C)(C)C)cc(N(c4ccccc4)c4csc5c4CCCC5)c3Cl)c2)c2ccc(-c3ccccc3)c3ccccc23)c(-c2ccccc2)c1. The molecule has 0 N–H and O–H groups in total. The molecule has 1 aromatic heterocycles. The van der Waals surface area contributed by atoms with Crippen molar-refractivity contribution in [1.29, 1.82) is 0 Å². The number of para-hydroxylation sites is 2. The van der Waals surface area contributed by atoms with Gasteiger partial charge in [0.05, 0.1) is 33.5 Å². The molecule has 73 heavy (non-hydrogen) atoms. The topological polar surface area (TPSA) is 9.72 Å². The van der Waals surface area contributed by atoms with Gasteiger partial charge in [0, 0.05) is 44.0 Å². The molecule has 0 bridgehead atoms.